The van der Waals surface area contributed by atoms with Crippen molar-refractivity contribution in [3.8, 4) is 22.8 Å². The molecule has 0 aliphatic heterocycles. The summed E-state index contributed by atoms with van der Waals surface area (Å²) in [6.07, 6.45) is 0.927. The van der Waals surface area contributed by atoms with Gasteiger partial charge >= 0.3 is 0 Å². The van der Waals surface area contributed by atoms with Gasteiger partial charge in [0.05, 0.1) is 24.9 Å². The first-order chi connectivity index (χ1) is 12.6. The van der Waals surface area contributed by atoms with Crippen molar-refractivity contribution in [3.63, 3.8) is 0 Å². The van der Waals surface area contributed by atoms with Crippen LogP contribution in [0.15, 0.2) is 47.8 Å². The summed E-state index contributed by atoms with van der Waals surface area (Å²) in [7, 11) is 3.13. The second-order valence-electron chi connectivity index (χ2n) is 5.58. The van der Waals surface area contributed by atoms with Crippen LogP contribution in [0, 0.1) is 0 Å². The minimum Gasteiger partial charge on any atom is -0.493 e. The second-order valence-corrected chi connectivity index (χ2v) is 6.52. The quantitative estimate of drug-likeness (QED) is 0.688. The Morgan fingerprint density at radius 2 is 1.81 bits per heavy atom. The van der Waals surface area contributed by atoms with E-state index in [1.165, 1.54) is 0 Å². The van der Waals surface area contributed by atoms with Gasteiger partial charge in [0.2, 0.25) is 0 Å². The molecular formula is C20H20N2O3S. The molecule has 0 aliphatic rings. The van der Waals surface area contributed by atoms with Gasteiger partial charge in [-0.25, -0.2) is 4.98 Å². The molecule has 5 nitrogen and oxygen atoms in total. The molecule has 0 fully saturated rings. The average Bonchev–Trinajstić information content (AvgIpc) is 3.17. The zero-order valence-electron chi connectivity index (χ0n) is 14.9. The van der Waals surface area contributed by atoms with Crippen molar-refractivity contribution in [2.75, 3.05) is 19.5 Å². The SMILES string of the molecule is CCc1nc(-c2ccc(C(=O)Nc3ccc(OC)c(OC)c3)cc2)cs1. The van der Waals surface area contributed by atoms with Crippen LogP contribution in [0.2, 0.25) is 0 Å². The number of aryl methyl sites for hydroxylation is 1. The maximum absolute atomic E-state index is 12.5. The molecule has 0 spiro atoms. The number of methoxy groups -OCH3 is 2. The number of amides is 1. The number of nitrogens with zero attached hydrogens (tertiary/aromatic N) is 1. The number of carbonyl (C=O) groups excluding carboxylic acids is 1. The summed E-state index contributed by atoms with van der Waals surface area (Å²) in [5, 5.41) is 6.01. The number of benzene rings is 2. The third kappa shape index (κ3) is 3.86. The minimum atomic E-state index is -0.184. The van der Waals surface area contributed by atoms with E-state index in [2.05, 4.69) is 17.2 Å². The van der Waals surface area contributed by atoms with E-state index in [1.807, 2.05) is 17.5 Å². The zero-order chi connectivity index (χ0) is 18.5. The van der Waals surface area contributed by atoms with Gasteiger partial charge in [-0.2, -0.15) is 0 Å². The van der Waals surface area contributed by atoms with Crippen LogP contribution in [0.25, 0.3) is 11.3 Å². The number of ether oxygens (including phenoxy) is 2. The van der Waals surface area contributed by atoms with Crippen LogP contribution in [0.4, 0.5) is 5.69 Å². The van der Waals surface area contributed by atoms with Crippen molar-refractivity contribution in [2.45, 2.75) is 13.3 Å². The summed E-state index contributed by atoms with van der Waals surface area (Å²) in [5.74, 6) is 0.997. The molecule has 0 bridgehead atoms. The van der Waals surface area contributed by atoms with E-state index in [4.69, 9.17) is 9.47 Å². The summed E-state index contributed by atoms with van der Waals surface area (Å²) in [6.45, 7) is 2.09. The van der Waals surface area contributed by atoms with E-state index in [-0.39, 0.29) is 5.91 Å². The standard InChI is InChI=1S/C20H20N2O3S/c1-4-19-22-16(12-26-19)13-5-7-14(8-6-13)20(23)21-15-9-10-17(24-2)18(11-15)25-3/h5-12H,4H2,1-3H3,(H,21,23). The van der Waals surface area contributed by atoms with Crippen molar-refractivity contribution >= 4 is 22.9 Å². The van der Waals surface area contributed by atoms with Gasteiger partial charge in [0, 0.05) is 28.3 Å². The van der Waals surface area contributed by atoms with Gasteiger partial charge in [0.1, 0.15) is 0 Å². The summed E-state index contributed by atoms with van der Waals surface area (Å²) >= 11 is 1.65. The Hall–Kier alpha value is -2.86. The summed E-state index contributed by atoms with van der Waals surface area (Å²) < 4.78 is 10.5. The predicted octanol–water partition coefficient (Wildman–Crippen LogP) is 4.64. The van der Waals surface area contributed by atoms with Crippen LogP contribution in [0.1, 0.15) is 22.3 Å². The molecule has 134 valence electrons. The van der Waals surface area contributed by atoms with E-state index in [0.29, 0.717) is 22.7 Å². The molecule has 3 rings (SSSR count). The fourth-order valence-electron chi connectivity index (χ4n) is 2.52. The molecule has 0 radical (unpaired) electrons. The third-order valence-electron chi connectivity index (χ3n) is 3.94. The lowest BCUT2D eigenvalue weighted by Gasteiger charge is -2.10. The van der Waals surface area contributed by atoms with E-state index >= 15 is 0 Å². The number of thiazole rings is 1. The van der Waals surface area contributed by atoms with Gasteiger partial charge in [0.15, 0.2) is 11.5 Å². The highest BCUT2D eigenvalue weighted by atomic mass is 32.1. The Bertz CT molecular complexity index is 904. The van der Waals surface area contributed by atoms with Crippen molar-refractivity contribution < 1.29 is 14.3 Å². The molecule has 3 aromatic rings. The molecule has 1 heterocycles. The first-order valence-corrected chi connectivity index (χ1v) is 9.10. The molecule has 0 saturated carbocycles. The maximum atomic E-state index is 12.5. The highest BCUT2D eigenvalue weighted by Gasteiger charge is 2.10. The van der Waals surface area contributed by atoms with Crippen molar-refractivity contribution in [2.24, 2.45) is 0 Å². The van der Waals surface area contributed by atoms with Crippen LogP contribution in [0.5, 0.6) is 11.5 Å². The number of hydrogen-bond donors (Lipinski definition) is 1. The third-order valence-corrected chi connectivity index (χ3v) is 4.93. The van der Waals surface area contributed by atoms with Crippen LogP contribution in [0.3, 0.4) is 0 Å². The number of hydrogen-bond acceptors (Lipinski definition) is 5. The molecule has 0 aliphatic carbocycles. The first-order valence-electron chi connectivity index (χ1n) is 8.22. The number of carbonyl (C=O) groups is 1. The maximum Gasteiger partial charge on any atom is 0.255 e. The topological polar surface area (TPSA) is 60.5 Å². The highest BCUT2D eigenvalue weighted by Crippen LogP contribution is 2.30. The molecule has 1 aromatic heterocycles. The molecule has 6 heteroatoms. The Balaban J connectivity index is 1.74. The molecule has 2 aromatic carbocycles. The fraction of sp³-hybridized carbons (Fsp3) is 0.200. The monoisotopic (exact) mass is 368 g/mol. The summed E-state index contributed by atoms with van der Waals surface area (Å²) in [6, 6.07) is 12.7. The molecule has 0 unspecified atom stereocenters. The van der Waals surface area contributed by atoms with Gasteiger partial charge in [-0.3, -0.25) is 4.79 Å². The van der Waals surface area contributed by atoms with Gasteiger partial charge < -0.3 is 14.8 Å². The molecule has 26 heavy (non-hydrogen) atoms. The average molecular weight is 368 g/mol. The smallest absolute Gasteiger partial charge is 0.255 e. The van der Waals surface area contributed by atoms with Crippen molar-refractivity contribution in [1.29, 1.82) is 0 Å². The lowest BCUT2D eigenvalue weighted by molar-refractivity contribution is 0.102. The lowest BCUT2D eigenvalue weighted by Crippen LogP contribution is -2.11. The number of aromatic nitrogens is 1. The molecule has 0 saturated heterocycles. The fourth-order valence-corrected chi connectivity index (χ4v) is 3.27. The van der Waals surface area contributed by atoms with Gasteiger partial charge in [-0.05, 0) is 30.7 Å². The Morgan fingerprint density at radius 3 is 2.42 bits per heavy atom. The summed E-state index contributed by atoms with van der Waals surface area (Å²) in [5.41, 5.74) is 3.17. The second kappa shape index (κ2) is 8.01. The minimum absolute atomic E-state index is 0.184. The normalized spacial score (nSPS) is 10.4. The summed E-state index contributed by atoms with van der Waals surface area (Å²) in [4.78, 5) is 17.0. The van der Waals surface area contributed by atoms with E-state index < -0.39 is 0 Å². The molecule has 1 amide bonds. The molecule has 0 atom stereocenters. The highest BCUT2D eigenvalue weighted by molar-refractivity contribution is 7.09. The largest absolute Gasteiger partial charge is 0.493 e. The van der Waals surface area contributed by atoms with Gasteiger partial charge in [-0.15, -0.1) is 11.3 Å². The predicted molar refractivity (Wildman–Crippen MR) is 104 cm³/mol. The van der Waals surface area contributed by atoms with Crippen LogP contribution in [-0.2, 0) is 6.42 Å². The number of anilines is 1. The molecule has 1 N–H and O–H groups in total. The van der Waals surface area contributed by atoms with Crippen molar-refractivity contribution in [3.05, 3.63) is 58.4 Å². The van der Waals surface area contributed by atoms with Gasteiger partial charge in [-0.1, -0.05) is 19.1 Å². The van der Waals surface area contributed by atoms with Crippen LogP contribution < -0.4 is 14.8 Å². The molecular weight excluding hydrogens is 348 g/mol. The zero-order valence-corrected chi connectivity index (χ0v) is 15.7. The Morgan fingerprint density at radius 1 is 1.08 bits per heavy atom. The van der Waals surface area contributed by atoms with Crippen LogP contribution in [-0.4, -0.2) is 25.1 Å². The van der Waals surface area contributed by atoms with E-state index in [9.17, 15) is 4.79 Å². The van der Waals surface area contributed by atoms with Crippen molar-refractivity contribution in [1.82, 2.24) is 4.98 Å². The lowest BCUT2D eigenvalue weighted by atomic mass is 10.1. The van der Waals surface area contributed by atoms with Crippen LogP contribution >= 0.6 is 11.3 Å². The number of nitrogens with one attached hydrogen (secondary N) is 1. The first kappa shape index (κ1) is 17.9. The van der Waals surface area contributed by atoms with E-state index in [0.717, 1.165) is 22.7 Å². The Labute approximate surface area is 156 Å². The van der Waals surface area contributed by atoms with Gasteiger partial charge in [0.25, 0.3) is 5.91 Å². The Kier molecular flexibility index (Phi) is 5.53. The van der Waals surface area contributed by atoms with E-state index in [1.54, 1.807) is 55.9 Å². The number of rotatable bonds is 6.